The molecule has 1 fully saturated rings. The lowest BCUT2D eigenvalue weighted by atomic mass is 10.4. The predicted octanol–water partition coefficient (Wildman–Crippen LogP) is 0.666. The van der Waals surface area contributed by atoms with Crippen molar-refractivity contribution in [3.63, 3.8) is 0 Å². The van der Waals surface area contributed by atoms with Gasteiger partial charge in [-0.2, -0.15) is 0 Å². The molecular weight excluding hydrogens is 134 g/mol. The average molecular weight is 145 g/mol. The summed E-state index contributed by atoms with van der Waals surface area (Å²) in [6.07, 6.45) is 0. The molecule has 0 spiro atoms. The van der Waals surface area contributed by atoms with Crippen molar-refractivity contribution in [2.45, 2.75) is 6.92 Å². The molecule has 0 N–H and O–H groups in total. The molecule has 3 heteroatoms. The van der Waals surface area contributed by atoms with Crippen LogP contribution in [-0.4, -0.2) is 36.2 Å². The molecule has 9 heavy (non-hydrogen) atoms. The highest BCUT2D eigenvalue weighted by atomic mass is 32.1. The number of hydrogen-bond donors (Lipinski definition) is 0. The third-order valence-corrected chi connectivity index (χ3v) is 1.71. The lowest BCUT2D eigenvalue weighted by Crippen LogP contribution is -2.38. The summed E-state index contributed by atoms with van der Waals surface area (Å²) in [5.41, 5.74) is 0. The smallest absolute Gasteiger partial charge is 0.0749 e. The van der Waals surface area contributed by atoms with E-state index in [9.17, 15) is 0 Å². The van der Waals surface area contributed by atoms with E-state index in [0.717, 1.165) is 31.3 Å². The molecule has 0 amide bonds. The lowest BCUT2D eigenvalue weighted by Gasteiger charge is -2.27. The van der Waals surface area contributed by atoms with Gasteiger partial charge in [-0.15, -0.1) is 0 Å². The van der Waals surface area contributed by atoms with Crippen molar-refractivity contribution in [3.8, 4) is 0 Å². The Kier molecular flexibility index (Phi) is 2.42. The third-order valence-electron chi connectivity index (χ3n) is 1.46. The zero-order valence-corrected chi connectivity index (χ0v) is 6.41. The molecule has 1 heterocycles. The van der Waals surface area contributed by atoms with E-state index >= 15 is 0 Å². The van der Waals surface area contributed by atoms with Crippen molar-refractivity contribution in [3.05, 3.63) is 0 Å². The molecule has 0 atom stereocenters. The molecule has 1 rings (SSSR count). The molecule has 0 aliphatic carbocycles. The molecule has 0 radical (unpaired) electrons. The van der Waals surface area contributed by atoms with E-state index in [-0.39, 0.29) is 0 Å². The van der Waals surface area contributed by atoms with Crippen LogP contribution in [0.4, 0.5) is 0 Å². The van der Waals surface area contributed by atoms with Crippen LogP contribution in [0.2, 0.25) is 0 Å². The van der Waals surface area contributed by atoms with Crippen molar-refractivity contribution in [1.82, 2.24) is 4.90 Å². The summed E-state index contributed by atoms with van der Waals surface area (Å²) in [7, 11) is 0. The minimum absolute atomic E-state index is 0.827. The first-order valence-corrected chi connectivity index (χ1v) is 3.55. The van der Waals surface area contributed by atoms with E-state index in [1.165, 1.54) is 0 Å². The lowest BCUT2D eigenvalue weighted by molar-refractivity contribution is 0.0688. The normalized spacial score (nSPS) is 19.9. The Labute approximate surface area is 60.8 Å². The molecule has 0 aromatic carbocycles. The first-order valence-electron chi connectivity index (χ1n) is 3.14. The van der Waals surface area contributed by atoms with Crippen molar-refractivity contribution in [2.75, 3.05) is 26.3 Å². The minimum atomic E-state index is 0.827. The summed E-state index contributed by atoms with van der Waals surface area (Å²) in [6, 6.07) is 0. The third kappa shape index (κ3) is 1.91. The van der Waals surface area contributed by atoms with Crippen molar-refractivity contribution in [1.29, 1.82) is 0 Å². The van der Waals surface area contributed by atoms with Crippen LogP contribution in [0.15, 0.2) is 0 Å². The van der Waals surface area contributed by atoms with Gasteiger partial charge >= 0.3 is 0 Å². The van der Waals surface area contributed by atoms with Gasteiger partial charge in [-0.1, -0.05) is 12.2 Å². The molecule has 1 saturated heterocycles. The van der Waals surface area contributed by atoms with Gasteiger partial charge in [0.25, 0.3) is 0 Å². The van der Waals surface area contributed by atoms with E-state index in [1.807, 2.05) is 6.92 Å². The molecule has 0 aromatic rings. The van der Waals surface area contributed by atoms with Gasteiger partial charge in [0, 0.05) is 13.1 Å². The summed E-state index contributed by atoms with van der Waals surface area (Å²) in [4.78, 5) is 3.15. The van der Waals surface area contributed by atoms with Crippen LogP contribution in [0.3, 0.4) is 0 Å². The van der Waals surface area contributed by atoms with Gasteiger partial charge in [0.1, 0.15) is 0 Å². The monoisotopic (exact) mass is 145 g/mol. The molecule has 0 unspecified atom stereocenters. The standard InChI is InChI=1S/C6H11NOS/c1-6(9)7-2-4-8-5-3-7/h2-5H2,1H3. The average Bonchev–Trinajstić information content (AvgIpc) is 1.90. The van der Waals surface area contributed by atoms with Crippen LogP contribution < -0.4 is 0 Å². The van der Waals surface area contributed by atoms with Crippen molar-refractivity contribution in [2.24, 2.45) is 0 Å². The zero-order valence-electron chi connectivity index (χ0n) is 5.59. The molecule has 0 bridgehead atoms. The minimum Gasteiger partial charge on any atom is -0.378 e. The molecule has 52 valence electrons. The molecule has 1 aliphatic rings. The number of thiocarbonyl (C=S) groups is 1. The Morgan fingerprint density at radius 3 is 2.33 bits per heavy atom. The predicted molar refractivity (Wildman–Crippen MR) is 40.7 cm³/mol. The summed E-state index contributed by atoms with van der Waals surface area (Å²) in [6.45, 7) is 5.55. The first-order chi connectivity index (χ1) is 4.30. The van der Waals surface area contributed by atoms with Crippen LogP contribution in [0.5, 0.6) is 0 Å². The van der Waals surface area contributed by atoms with Crippen LogP contribution >= 0.6 is 12.2 Å². The Bertz CT molecular complexity index is 110. The molecule has 0 aromatic heterocycles. The Morgan fingerprint density at radius 1 is 1.44 bits per heavy atom. The Hall–Kier alpha value is -0.150. The Morgan fingerprint density at radius 2 is 2.00 bits per heavy atom. The summed E-state index contributed by atoms with van der Waals surface area (Å²) < 4.78 is 5.15. The molecule has 1 aliphatic heterocycles. The SMILES string of the molecule is CC(=S)N1CCOCC1. The van der Waals surface area contributed by atoms with E-state index in [4.69, 9.17) is 17.0 Å². The second-order valence-electron chi connectivity index (χ2n) is 2.12. The number of nitrogens with zero attached hydrogens (tertiary/aromatic N) is 1. The van der Waals surface area contributed by atoms with Crippen molar-refractivity contribution >= 4 is 17.2 Å². The number of morpholine rings is 1. The molecular formula is C6H11NOS. The fraction of sp³-hybridized carbons (Fsp3) is 0.833. The Balaban J connectivity index is 2.31. The maximum Gasteiger partial charge on any atom is 0.0749 e. The van der Waals surface area contributed by atoms with Gasteiger partial charge in [0.05, 0.1) is 18.2 Å². The molecule has 0 saturated carbocycles. The van der Waals surface area contributed by atoms with E-state index in [1.54, 1.807) is 0 Å². The summed E-state index contributed by atoms with van der Waals surface area (Å²) in [5, 5.41) is 0. The topological polar surface area (TPSA) is 12.5 Å². The second-order valence-corrected chi connectivity index (χ2v) is 2.71. The highest BCUT2D eigenvalue weighted by molar-refractivity contribution is 7.80. The number of hydrogen-bond acceptors (Lipinski definition) is 2. The van der Waals surface area contributed by atoms with E-state index in [0.29, 0.717) is 0 Å². The van der Waals surface area contributed by atoms with E-state index in [2.05, 4.69) is 4.90 Å². The van der Waals surface area contributed by atoms with Gasteiger partial charge in [-0.05, 0) is 6.92 Å². The zero-order chi connectivity index (χ0) is 6.69. The largest absolute Gasteiger partial charge is 0.378 e. The number of ether oxygens (including phenoxy) is 1. The van der Waals surface area contributed by atoms with E-state index < -0.39 is 0 Å². The van der Waals surface area contributed by atoms with Gasteiger partial charge in [-0.3, -0.25) is 0 Å². The van der Waals surface area contributed by atoms with Crippen LogP contribution in [0.25, 0.3) is 0 Å². The van der Waals surface area contributed by atoms with Crippen molar-refractivity contribution < 1.29 is 4.74 Å². The van der Waals surface area contributed by atoms with Gasteiger partial charge in [0.2, 0.25) is 0 Å². The fourth-order valence-electron chi connectivity index (χ4n) is 0.878. The molecule has 2 nitrogen and oxygen atoms in total. The fourth-order valence-corrected chi connectivity index (χ4v) is 1.06. The summed E-state index contributed by atoms with van der Waals surface area (Å²) >= 11 is 4.99. The van der Waals surface area contributed by atoms with Crippen LogP contribution in [0.1, 0.15) is 6.92 Å². The van der Waals surface area contributed by atoms with Gasteiger partial charge in [-0.25, -0.2) is 0 Å². The maximum atomic E-state index is 5.15. The maximum absolute atomic E-state index is 5.15. The summed E-state index contributed by atoms with van der Waals surface area (Å²) in [5.74, 6) is 0. The quantitative estimate of drug-likeness (QED) is 0.465. The highest BCUT2D eigenvalue weighted by Crippen LogP contribution is 1.97. The first kappa shape index (κ1) is 6.96. The van der Waals surface area contributed by atoms with Gasteiger partial charge < -0.3 is 9.64 Å². The highest BCUT2D eigenvalue weighted by Gasteiger charge is 2.08. The van der Waals surface area contributed by atoms with Crippen LogP contribution in [0, 0.1) is 0 Å². The van der Waals surface area contributed by atoms with Gasteiger partial charge in [0.15, 0.2) is 0 Å². The van der Waals surface area contributed by atoms with Crippen LogP contribution in [-0.2, 0) is 4.74 Å². The number of rotatable bonds is 0. The second kappa shape index (κ2) is 3.13.